The van der Waals surface area contributed by atoms with E-state index in [1.807, 2.05) is 123 Å². The van der Waals surface area contributed by atoms with E-state index in [1.165, 1.54) is 0 Å². The van der Waals surface area contributed by atoms with Crippen LogP contribution in [-0.4, -0.2) is 57.5 Å². The molecular formula is C30H28BKN6O3. The van der Waals surface area contributed by atoms with Gasteiger partial charge in [-0.15, -0.1) is 0 Å². The fraction of sp³-hybridized carbons (Fsp3) is 0.100. The molecule has 0 saturated carbocycles. The third-order valence-corrected chi connectivity index (χ3v) is 6.95. The van der Waals surface area contributed by atoms with Crippen LogP contribution < -0.4 is 65.6 Å². The Labute approximate surface area is 281 Å². The first-order chi connectivity index (χ1) is 19.6. The van der Waals surface area contributed by atoms with Crippen molar-refractivity contribution in [3.8, 4) is 51.0 Å². The molecule has 9 nitrogen and oxygen atoms in total. The van der Waals surface area contributed by atoms with E-state index < -0.39 is 7.12 Å². The second-order valence-electron chi connectivity index (χ2n) is 9.33. The van der Waals surface area contributed by atoms with Gasteiger partial charge in [-0.1, -0.05) is 0 Å². The maximum atomic E-state index is 5.31. The Morgan fingerprint density at radius 2 is 0.707 bits per heavy atom. The van der Waals surface area contributed by atoms with E-state index in [9.17, 15) is 0 Å². The summed E-state index contributed by atoms with van der Waals surface area (Å²) in [6.07, 6.45) is 5.93. The van der Waals surface area contributed by atoms with Gasteiger partial charge in [0.25, 0.3) is 0 Å². The fourth-order valence-corrected chi connectivity index (χ4v) is 4.75. The molecule has 0 unspecified atom stereocenters. The van der Waals surface area contributed by atoms with Crippen LogP contribution >= 0.6 is 0 Å². The summed E-state index contributed by atoms with van der Waals surface area (Å²) < 4.78 is 21.7. The van der Waals surface area contributed by atoms with E-state index in [-0.39, 0.29) is 51.4 Å². The first kappa shape index (κ1) is 28.9. The van der Waals surface area contributed by atoms with E-state index >= 15 is 0 Å². The zero-order valence-corrected chi connectivity index (χ0v) is 26.6. The average Bonchev–Trinajstić information content (AvgIpc) is 3.80. The van der Waals surface area contributed by atoms with Gasteiger partial charge in [0.15, 0.2) is 0 Å². The summed E-state index contributed by atoms with van der Waals surface area (Å²) in [5.41, 5.74) is 5.55. The van der Waals surface area contributed by atoms with Crippen LogP contribution in [0.4, 0.5) is 0 Å². The Kier molecular flexibility index (Phi) is 9.11. The van der Waals surface area contributed by atoms with Gasteiger partial charge in [-0.25, -0.2) is 15.3 Å². The molecule has 200 valence electrons. The molecule has 0 N–H and O–H groups in total. The summed E-state index contributed by atoms with van der Waals surface area (Å²) in [6, 6.07) is 29.6. The molecule has 0 fully saturated rings. The first-order valence-corrected chi connectivity index (χ1v) is 12.9. The van der Waals surface area contributed by atoms with Crippen LogP contribution in [0.15, 0.2) is 110 Å². The third kappa shape index (κ3) is 6.19. The average molecular weight is 571 g/mol. The molecule has 0 spiro atoms. The molecular weight excluding hydrogens is 542 g/mol. The predicted molar refractivity (Wildman–Crippen MR) is 156 cm³/mol. The van der Waals surface area contributed by atoms with Crippen molar-refractivity contribution in [1.29, 1.82) is 0 Å². The van der Waals surface area contributed by atoms with Crippen molar-refractivity contribution in [2.24, 2.45) is 0 Å². The van der Waals surface area contributed by atoms with Gasteiger partial charge in [-0.2, -0.15) is 0 Å². The summed E-state index contributed by atoms with van der Waals surface area (Å²) in [4.78, 5) is 0. The molecule has 0 aliphatic carbocycles. The molecule has 6 rings (SSSR count). The number of hydrogen-bond acceptors (Lipinski definition) is 6. The van der Waals surface area contributed by atoms with Gasteiger partial charge in [0.1, 0.15) is 17.2 Å². The molecule has 0 bridgehead atoms. The Hall–Kier alpha value is -3.61. The largest absolute Gasteiger partial charge is 1.00 e. The standard InChI is InChI=1S/C30H28BN6O3.K/c1-38-25-10-4-22(5-11-25)28-16-19-35(32-28)31(36-20-17-29(33-36)23-6-12-26(39-2)13-7-23)37-21-18-30(34-37)24-8-14-27(40-3)15-9-24;/h4-21,31H,1-3H3;/q-1;+1. The van der Waals surface area contributed by atoms with Gasteiger partial charge in [-0.05, 0) is 110 Å². The van der Waals surface area contributed by atoms with Crippen molar-refractivity contribution in [3.05, 3.63) is 110 Å². The third-order valence-electron chi connectivity index (χ3n) is 6.95. The molecule has 0 aliphatic rings. The van der Waals surface area contributed by atoms with Gasteiger partial charge < -0.3 is 28.0 Å². The quantitative estimate of drug-likeness (QED) is 0.248. The maximum absolute atomic E-state index is 5.31. The van der Waals surface area contributed by atoms with Crippen LogP contribution in [0, 0.1) is 0 Å². The minimum Gasteiger partial charge on any atom is -0.497 e. The minimum absolute atomic E-state index is 0. The van der Waals surface area contributed by atoms with E-state index in [1.54, 1.807) is 21.3 Å². The normalized spacial score (nSPS) is 10.8. The van der Waals surface area contributed by atoms with Crippen LogP contribution in [0.5, 0.6) is 17.2 Å². The van der Waals surface area contributed by atoms with Crippen LogP contribution in [-0.2, 0) is 0 Å². The molecule has 0 amide bonds. The van der Waals surface area contributed by atoms with Crippen LogP contribution in [0.1, 0.15) is 0 Å². The number of rotatable bonds is 9. The Morgan fingerprint density at radius 3 is 0.951 bits per heavy atom. The smallest absolute Gasteiger partial charge is 0.497 e. The van der Waals surface area contributed by atoms with Crippen molar-refractivity contribution in [2.75, 3.05) is 21.3 Å². The number of benzene rings is 3. The van der Waals surface area contributed by atoms with E-state index in [0.29, 0.717) is 0 Å². The van der Waals surface area contributed by atoms with Gasteiger partial charge in [0.2, 0.25) is 0 Å². The van der Waals surface area contributed by atoms with Crippen LogP contribution in [0.2, 0.25) is 0 Å². The molecule has 0 aliphatic heterocycles. The second kappa shape index (κ2) is 12.9. The SMILES string of the molecule is COc1ccc(-c2ccn([BH-](n3ccc(-c4ccc(OC)cc4)n3)n3ccc(-c4ccc(OC)cc4)n3)n2)cc1.[K+]. The Bertz CT molecular complexity index is 1510. The molecule has 0 saturated heterocycles. The molecule has 3 aromatic carbocycles. The summed E-state index contributed by atoms with van der Waals surface area (Å²) in [5.74, 6) is 2.41. The van der Waals surface area contributed by atoms with Crippen molar-refractivity contribution >= 4 is 7.12 Å². The summed E-state index contributed by atoms with van der Waals surface area (Å²) >= 11 is 0. The van der Waals surface area contributed by atoms with Gasteiger partial charge in [0, 0.05) is 16.7 Å². The summed E-state index contributed by atoms with van der Waals surface area (Å²) in [6.45, 7) is 0. The van der Waals surface area contributed by atoms with Gasteiger partial charge in [-0.3, -0.25) is 0 Å². The number of aromatic nitrogens is 6. The number of ether oxygens (including phenoxy) is 3. The number of nitrogens with zero attached hydrogens (tertiary/aromatic N) is 6. The molecule has 3 aromatic heterocycles. The number of hydrogen-bond donors (Lipinski definition) is 0. The number of methoxy groups -OCH3 is 3. The first-order valence-electron chi connectivity index (χ1n) is 12.9. The summed E-state index contributed by atoms with van der Waals surface area (Å²) in [5, 5.41) is 14.9. The molecule has 11 heteroatoms. The molecule has 0 atom stereocenters. The molecule has 0 radical (unpaired) electrons. The van der Waals surface area contributed by atoms with E-state index in [4.69, 9.17) is 29.5 Å². The van der Waals surface area contributed by atoms with Crippen molar-refractivity contribution in [3.63, 3.8) is 0 Å². The summed E-state index contributed by atoms with van der Waals surface area (Å²) in [7, 11) is 3.39. The van der Waals surface area contributed by atoms with Crippen LogP contribution in [0.25, 0.3) is 33.8 Å². The van der Waals surface area contributed by atoms with Crippen molar-refractivity contribution < 1.29 is 65.6 Å². The molecule has 41 heavy (non-hydrogen) atoms. The van der Waals surface area contributed by atoms with E-state index in [2.05, 4.69) is 0 Å². The Balaban J connectivity index is 0.00000337. The molecule has 3 heterocycles. The second-order valence-corrected chi connectivity index (χ2v) is 9.33. The topological polar surface area (TPSA) is 81.2 Å². The minimum atomic E-state index is -1.59. The maximum Gasteiger partial charge on any atom is 1.00 e. The van der Waals surface area contributed by atoms with E-state index in [0.717, 1.165) is 51.0 Å². The van der Waals surface area contributed by atoms with Crippen LogP contribution in [0.3, 0.4) is 0 Å². The van der Waals surface area contributed by atoms with Gasteiger partial charge >= 0.3 is 58.5 Å². The van der Waals surface area contributed by atoms with Gasteiger partial charge in [0.05, 0.1) is 38.4 Å². The predicted octanol–water partition coefficient (Wildman–Crippen LogP) is 1.97. The van der Waals surface area contributed by atoms with Crippen molar-refractivity contribution in [1.82, 2.24) is 29.1 Å². The molecule has 6 aromatic rings. The monoisotopic (exact) mass is 570 g/mol. The fourth-order valence-electron chi connectivity index (χ4n) is 4.75. The van der Waals surface area contributed by atoms with Crippen molar-refractivity contribution in [2.45, 2.75) is 0 Å². The zero-order chi connectivity index (χ0) is 27.5. The Morgan fingerprint density at radius 1 is 0.439 bits per heavy atom. The zero-order valence-electron chi connectivity index (χ0n) is 23.5.